The number of aryl methyl sites for hydroxylation is 1. The Labute approximate surface area is 163 Å². The van der Waals surface area contributed by atoms with Crippen LogP contribution in [0.25, 0.3) is 0 Å². The summed E-state index contributed by atoms with van der Waals surface area (Å²) < 4.78 is 27.6. The number of amides is 1. The zero-order valence-corrected chi connectivity index (χ0v) is 17.2. The van der Waals surface area contributed by atoms with Crippen LogP contribution in [-0.2, 0) is 10.0 Å². The van der Waals surface area contributed by atoms with Gasteiger partial charge in [0, 0.05) is 16.1 Å². The molecule has 0 bridgehead atoms. The van der Waals surface area contributed by atoms with Crippen molar-refractivity contribution >= 4 is 44.8 Å². The van der Waals surface area contributed by atoms with Crippen molar-refractivity contribution in [1.82, 2.24) is 4.72 Å². The first kappa shape index (κ1) is 20.7. The minimum absolute atomic E-state index is 0.0189. The molecule has 0 saturated heterocycles. The van der Waals surface area contributed by atoms with Crippen molar-refractivity contribution in [2.75, 3.05) is 5.32 Å². The number of benzene rings is 2. The third-order valence-corrected chi connectivity index (χ3v) is 5.69. The van der Waals surface area contributed by atoms with E-state index in [4.69, 9.17) is 23.2 Å². The molecule has 2 aromatic carbocycles. The molecule has 2 N–H and O–H groups in total. The number of anilines is 1. The molecule has 0 atom stereocenters. The second-order valence-corrected chi connectivity index (χ2v) is 9.44. The van der Waals surface area contributed by atoms with Crippen molar-refractivity contribution in [2.24, 2.45) is 0 Å². The second-order valence-electron chi connectivity index (χ2n) is 6.91. The molecule has 5 nitrogen and oxygen atoms in total. The van der Waals surface area contributed by atoms with Crippen molar-refractivity contribution in [3.63, 3.8) is 0 Å². The fourth-order valence-corrected chi connectivity index (χ4v) is 4.16. The Balaban J connectivity index is 2.36. The Hall–Kier alpha value is -1.60. The quantitative estimate of drug-likeness (QED) is 0.765. The van der Waals surface area contributed by atoms with Gasteiger partial charge >= 0.3 is 0 Å². The first-order chi connectivity index (χ1) is 11.9. The molecule has 140 valence electrons. The number of rotatable bonds is 4. The molecule has 0 radical (unpaired) electrons. The minimum Gasteiger partial charge on any atom is -0.321 e. The standard InChI is InChI=1S/C18H20Cl2N2O3S/c1-11-5-7-13(26(24,25)22-18(2,3)4)10-14(11)17(23)21-16-8-6-12(19)9-15(16)20/h5-10,22H,1-4H3,(H,21,23). The van der Waals surface area contributed by atoms with Gasteiger partial charge in [-0.2, -0.15) is 0 Å². The molecule has 2 aromatic rings. The van der Waals surface area contributed by atoms with Gasteiger partial charge in [-0.15, -0.1) is 0 Å². The lowest BCUT2D eigenvalue weighted by Gasteiger charge is -2.20. The molecule has 0 aliphatic carbocycles. The summed E-state index contributed by atoms with van der Waals surface area (Å²) >= 11 is 11.9. The van der Waals surface area contributed by atoms with Crippen LogP contribution in [0.1, 0.15) is 36.7 Å². The first-order valence-corrected chi connectivity index (χ1v) is 10.0. The van der Waals surface area contributed by atoms with Crippen molar-refractivity contribution in [3.8, 4) is 0 Å². The van der Waals surface area contributed by atoms with Crippen LogP contribution in [0.4, 0.5) is 5.69 Å². The van der Waals surface area contributed by atoms with E-state index in [9.17, 15) is 13.2 Å². The van der Waals surface area contributed by atoms with Gasteiger partial charge in [-0.1, -0.05) is 29.3 Å². The van der Waals surface area contributed by atoms with Gasteiger partial charge in [0.15, 0.2) is 0 Å². The predicted octanol–water partition coefficient (Wildman–Crippen LogP) is 4.63. The summed E-state index contributed by atoms with van der Waals surface area (Å²) in [4.78, 5) is 12.6. The number of sulfonamides is 1. The van der Waals surface area contributed by atoms with E-state index in [0.717, 1.165) is 0 Å². The van der Waals surface area contributed by atoms with Crippen LogP contribution >= 0.6 is 23.2 Å². The molecule has 0 heterocycles. The van der Waals surface area contributed by atoms with Gasteiger partial charge in [0.05, 0.1) is 15.6 Å². The molecule has 1 amide bonds. The van der Waals surface area contributed by atoms with Gasteiger partial charge in [-0.05, 0) is 63.6 Å². The molecular formula is C18H20Cl2N2O3S. The van der Waals surface area contributed by atoms with Crippen molar-refractivity contribution in [1.29, 1.82) is 0 Å². The minimum atomic E-state index is -3.75. The van der Waals surface area contributed by atoms with Gasteiger partial charge in [0.1, 0.15) is 0 Å². The van der Waals surface area contributed by atoms with Gasteiger partial charge in [0.25, 0.3) is 5.91 Å². The molecule has 0 saturated carbocycles. The zero-order valence-electron chi connectivity index (χ0n) is 14.9. The summed E-state index contributed by atoms with van der Waals surface area (Å²) in [5.74, 6) is -0.459. The summed E-state index contributed by atoms with van der Waals surface area (Å²) in [6.45, 7) is 6.96. The third-order valence-electron chi connectivity index (χ3n) is 3.38. The SMILES string of the molecule is Cc1ccc(S(=O)(=O)NC(C)(C)C)cc1C(=O)Nc1ccc(Cl)cc1Cl. The highest BCUT2D eigenvalue weighted by Gasteiger charge is 2.23. The van der Waals surface area contributed by atoms with Crippen molar-refractivity contribution in [3.05, 3.63) is 57.6 Å². The Bertz CT molecular complexity index is 951. The number of nitrogens with one attached hydrogen (secondary N) is 2. The van der Waals surface area contributed by atoms with Crippen molar-refractivity contribution < 1.29 is 13.2 Å². The van der Waals surface area contributed by atoms with Crippen LogP contribution < -0.4 is 10.0 Å². The van der Waals surface area contributed by atoms with Crippen LogP contribution in [0.15, 0.2) is 41.3 Å². The summed E-state index contributed by atoms with van der Waals surface area (Å²) in [5, 5.41) is 3.42. The number of carbonyl (C=O) groups excluding carboxylic acids is 1. The Morgan fingerprint density at radius 3 is 2.27 bits per heavy atom. The largest absolute Gasteiger partial charge is 0.321 e. The van der Waals surface area contributed by atoms with E-state index in [2.05, 4.69) is 10.0 Å². The molecule has 0 aromatic heterocycles. The fraction of sp³-hybridized carbons (Fsp3) is 0.278. The molecule has 0 spiro atoms. The van der Waals surface area contributed by atoms with E-state index in [1.807, 2.05) is 0 Å². The monoisotopic (exact) mass is 414 g/mol. The molecular weight excluding hydrogens is 395 g/mol. The van der Waals surface area contributed by atoms with E-state index in [0.29, 0.717) is 21.3 Å². The van der Waals surface area contributed by atoms with Crippen LogP contribution in [0.5, 0.6) is 0 Å². The molecule has 0 fully saturated rings. The Morgan fingerprint density at radius 1 is 1.04 bits per heavy atom. The second kappa shape index (κ2) is 7.56. The van der Waals surface area contributed by atoms with Crippen molar-refractivity contribution in [2.45, 2.75) is 38.1 Å². The maximum Gasteiger partial charge on any atom is 0.256 e. The van der Waals surface area contributed by atoms with E-state index < -0.39 is 21.5 Å². The predicted molar refractivity (Wildman–Crippen MR) is 106 cm³/mol. The lowest BCUT2D eigenvalue weighted by atomic mass is 10.1. The van der Waals surface area contributed by atoms with Crippen LogP contribution in [0.2, 0.25) is 10.0 Å². The fourth-order valence-electron chi connectivity index (χ4n) is 2.26. The Morgan fingerprint density at radius 2 is 1.69 bits per heavy atom. The number of hydrogen-bond donors (Lipinski definition) is 2. The normalized spacial score (nSPS) is 12.1. The van der Waals surface area contributed by atoms with E-state index in [1.54, 1.807) is 45.9 Å². The van der Waals surface area contributed by atoms with Gasteiger partial charge in [-0.25, -0.2) is 13.1 Å². The summed E-state index contributed by atoms with van der Waals surface area (Å²) in [5.41, 5.74) is 0.639. The molecule has 8 heteroatoms. The molecule has 0 aliphatic rings. The first-order valence-electron chi connectivity index (χ1n) is 7.80. The van der Waals surface area contributed by atoms with E-state index in [1.165, 1.54) is 18.2 Å². The van der Waals surface area contributed by atoms with Gasteiger partial charge in [-0.3, -0.25) is 4.79 Å². The summed E-state index contributed by atoms with van der Waals surface area (Å²) in [7, 11) is -3.75. The highest BCUT2D eigenvalue weighted by molar-refractivity contribution is 7.89. The third kappa shape index (κ3) is 5.20. The van der Waals surface area contributed by atoms with Crippen LogP contribution in [-0.4, -0.2) is 19.9 Å². The zero-order chi connectivity index (χ0) is 19.7. The van der Waals surface area contributed by atoms with E-state index in [-0.39, 0.29) is 10.5 Å². The maximum absolute atomic E-state index is 12.6. The highest BCUT2D eigenvalue weighted by Crippen LogP contribution is 2.26. The number of halogens is 2. The van der Waals surface area contributed by atoms with E-state index >= 15 is 0 Å². The van der Waals surface area contributed by atoms with Crippen LogP contribution in [0, 0.1) is 6.92 Å². The number of carbonyl (C=O) groups is 1. The topological polar surface area (TPSA) is 75.3 Å². The average molecular weight is 415 g/mol. The molecule has 26 heavy (non-hydrogen) atoms. The van der Waals surface area contributed by atoms with Crippen LogP contribution in [0.3, 0.4) is 0 Å². The lowest BCUT2D eigenvalue weighted by Crippen LogP contribution is -2.40. The maximum atomic E-state index is 12.6. The van der Waals surface area contributed by atoms with Gasteiger partial charge in [0.2, 0.25) is 10.0 Å². The summed E-state index contributed by atoms with van der Waals surface area (Å²) in [6.07, 6.45) is 0. The molecule has 2 rings (SSSR count). The summed E-state index contributed by atoms with van der Waals surface area (Å²) in [6, 6.07) is 9.11. The molecule has 0 aliphatic heterocycles. The average Bonchev–Trinajstić information content (AvgIpc) is 2.47. The highest BCUT2D eigenvalue weighted by atomic mass is 35.5. The van der Waals surface area contributed by atoms with Gasteiger partial charge < -0.3 is 5.32 Å². The Kier molecular flexibility index (Phi) is 6.02. The number of hydrogen-bond acceptors (Lipinski definition) is 3. The molecule has 0 unspecified atom stereocenters. The smallest absolute Gasteiger partial charge is 0.256 e. The lowest BCUT2D eigenvalue weighted by molar-refractivity contribution is 0.102.